The monoisotopic (exact) mass is 678 g/mol. The molecule has 48 heavy (non-hydrogen) atoms. The molecular weight excluding hydrogens is 632 g/mol. The maximum atomic E-state index is 14.1. The summed E-state index contributed by atoms with van der Waals surface area (Å²) in [6.07, 6.45) is -2.14. The number of hydrogen-bond donors (Lipinski definition) is 2. The molecule has 3 saturated carbocycles. The summed E-state index contributed by atoms with van der Waals surface area (Å²) in [5.74, 6) is -6.79. The zero-order valence-corrected chi connectivity index (χ0v) is 28.6. The smallest absolute Gasteiger partial charge is 0.366 e. The molecule has 8 aliphatic rings. The summed E-state index contributed by atoms with van der Waals surface area (Å²) < 4.78 is 56.4. The topological polar surface area (TPSA) is 175 Å². The molecule has 16 atom stereocenters. The maximum Gasteiger partial charge on any atom is 0.366 e. The van der Waals surface area contributed by atoms with E-state index in [1.54, 1.807) is 20.8 Å². The van der Waals surface area contributed by atoms with Crippen molar-refractivity contribution in [2.45, 2.75) is 114 Å². The van der Waals surface area contributed by atoms with Crippen LogP contribution < -0.4 is 0 Å². The number of methoxy groups -OCH3 is 2. The van der Waals surface area contributed by atoms with Crippen LogP contribution in [0.25, 0.3) is 0 Å². The van der Waals surface area contributed by atoms with Crippen LogP contribution in [0.1, 0.15) is 54.4 Å². The summed E-state index contributed by atoms with van der Waals surface area (Å²) in [6.45, 7) is 10.4. The molecule has 2 bridgehead atoms. The van der Waals surface area contributed by atoms with Crippen LogP contribution in [0, 0.1) is 39.9 Å². The third-order valence-corrected chi connectivity index (χ3v) is 14.0. The van der Waals surface area contributed by atoms with Gasteiger partial charge in [0.1, 0.15) is 23.4 Å². The van der Waals surface area contributed by atoms with Gasteiger partial charge in [0.05, 0.1) is 50.8 Å². The van der Waals surface area contributed by atoms with Gasteiger partial charge < -0.3 is 52.8 Å². The third kappa shape index (κ3) is 3.28. The minimum Gasteiger partial charge on any atom is -0.469 e. The van der Waals surface area contributed by atoms with Crippen LogP contribution in [-0.2, 0) is 57.0 Å². The Morgan fingerprint density at radius 1 is 1.00 bits per heavy atom. The molecule has 4 saturated heterocycles. The molecule has 2 N–H and O–H groups in total. The van der Waals surface area contributed by atoms with Crippen molar-refractivity contribution in [3.8, 4) is 0 Å². The fourth-order valence-corrected chi connectivity index (χ4v) is 12.3. The van der Waals surface area contributed by atoms with E-state index in [0.29, 0.717) is 0 Å². The lowest BCUT2D eigenvalue weighted by atomic mass is 9.37. The Morgan fingerprint density at radius 2 is 1.73 bits per heavy atom. The van der Waals surface area contributed by atoms with E-state index in [2.05, 4.69) is 0 Å². The van der Waals surface area contributed by atoms with E-state index < -0.39 is 117 Å². The lowest BCUT2D eigenvalue weighted by Crippen LogP contribution is -2.78. The maximum absolute atomic E-state index is 14.1. The van der Waals surface area contributed by atoms with Crippen molar-refractivity contribution in [1.82, 2.24) is 0 Å². The van der Waals surface area contributed by atoms with Gasteiger partial charge in [-0.25, -0.2) is 4.79 Å². The molecule has 0 aromatic heterocycles. The van der Waals surface area contributed by atoms with E-state index in [9.17, 15) is 24.6 Å². The first kappa shape index (κ1) is 32.9. The number of ether oxygens (including phenoxy) is 9. The van der Waals surface area contributed by atoms with Crippen molar-refractivity contribution >= 4 is 17.9 Å². The summed E-state index contributed by atoms with van der Waals surface area (Å²) >= 11 is 0. The number of aliphatic hydroxyl groups is 2. The van der Waals surface area contributed by atoms with Gasteiger partial charge in [-0.05, 0) is 19.4 Å². The molecule has 8 rings (SSSR count). The molecule has 5 aliphatic heterocycles. The highest BCUT2D eigenvalue weighted by molar-refractivity contribution is 5.80. The van der Waals surface area contributed by atoms with Crippen LogP contribution in [0.5, 0.6) is 0 Å². The molecule has 14 nitrogen and oxygen atoms in total. The van der Waals surface area contributed by atoms with Gasteiger partial charge >= 0.3 is 17.9 Å². The first-order chi connectivity index (χ1) is 22.5. The van der Waals surface area contributed by atoms with E-state index in [4.69, 9.17) is 42.6 Å². The second kappa shape index (κ2) is 9.71. The van der Waals surface area contributed by atoms with Crippen molar-refractivity contribution in [3.05, 3.63) is 12.3 Å². The average molecular weight is 679 g/mol. The largest absolute Gasteiger partial charge is 0.469 e. The van der Waals surface area contributed by atoms with Gasteiger partial charge in [-0.3, -0.25) is 9.59 Å². The quantitative estimate of drug-likeness (QED) is 0.311. The zero-order chi connectivity index (χ0) is 34.6. The lowest BCUT2D eigenvalue weighted by Gasteiger charge is -2.66. The Balaban J connectivity index is 1.41. The Kier molecular flexibility index (Phi) is 6.64. The third-order valence-electron chi connectivity index (χ3n) is 14.0. The van der Waals surface area contributed by atoms with Gasteiger partial charge in [-0.1, -0.05) is 27.7 Å². The van der Waals surface area contributed by atoms with Gasteiger partial charge in [0.25, 0.3) is 5.79 Å². The van der Waals surface area contributed by atoms with Gasteiger partial charge in [0.2, 0.25) is 6.29 Å². The Morgan fingerprint density at radius 3 is 2.38 bits per heavy atom. The van der Waals surface area contributed by atoms with Crippen molar-refractivity contribution in [3.63, 3.8) is 0 Å². The van der Waals surface area contributed by atoms with Crippen molar-refractivity contribution in [2.75, 3.05) is 27.4 Å². The van der Waals surface area contributed by atoms with Crippen molar-refractivity contribution in [1.29, 1.82) is 0 Å². The van der Waals surface area contributed by atoms with Gasteiger partial charge in [-0.2, -0.15) is 0 Å². The molecule has 5 heterocycles. The van der Waals surface area contributed by atoms with Crippen LogP contribution >= 0.6 is 0 Å². The predicted molar refractivity (Wildman–Crippen MR) is 158 cm³/mol. The predicted octanol–water partition coefficient (Wildman–Crippen LogP) is 0.988. The van der Waals surface area contributed by atoms with Gasteiger partial charge in [0.15, 0.2) is 5.60 Å². The lowest BCUT2D eigenvalue weighted by molar-refractivity contribution is -0.318. The van der Waals surface area contributed by atoms with Crippen molar-refractivity contribution < 1.29 is 67.2 Å². The fraction of sp³-hybridized carbons (Fsp3) is 0.853. The highest BCUT2D eigenvalue weighted by atomic mass is 16.7. The number of hydrogen-bond acceptors (Lipinski definition) is 14. The number of carbonyl (C=O) groups is 3. The molecule has 7 fully saturated rings. The second-order valence-electron chi connectivity index (χ2n) is 16.1. The zero-order valence-electron chi connectivity index (χ0n) is 28.6. The highest BCUT2D eigenvalue weighted by Gasteiger charge is 2.94. The van der Waals surface area contributed by atoms with Crippen LogP contribution in [0.15, 0.2) is 12.3 Å². The van der Waals surface area contributed by atoms with Crippen LogP contribution in [0.3, 0.4) is 0 Å². The van der Waals surface area contributed by atoms with Crippen LogP contribution in [0.4, 0.5) is 0 Å². The van der Waals surface area contributed by atoms with E-state index in [-0.39, 0.29) is 26.1 Å². The Labute approximate surface area is 278 Å². The number of carbonyl (C=O) groups excluding carboxylic acids is 3. The average Bonchev–Trinajstić information content (AvgIpc) is 3.78. The first-order valence-electron chi connectivity index (χ1n) is 16.9. The van der Waals surface area contributed by atoms with Crippen molar-refractivity contribution in [2.24, 2.45) is 39.9 Å². The molecule has 0 radical (unpaired) electrons. The SMILES string of the molecule is COC(=O)[C@@]1(OC)OC[C@@]23[C@@H](OC(=O)C(C)C)C[C@@H](OC(C)=O)[C@@]4(C)CO[C@@H]([C@H]5O[C@]6(C)[C@H]7C[C@H](O[C@@H]8OC=C[C@@]87O)[C@]6(O)[C@@]5(C)[C@H]12)[C@@H]43. The fourth-order valence-electron chi connectivity index (χ4n) is 12.3. The second-order valence-corrected chi connectivity index (χ2v) is 16.1. The Bertz CT molecular complexity index is 1480. The summed E-state index contributed by atoms with van der Waals surface area (Å²) in [6, 6.07) is 0. The van der Waals surface area contributed by atoms with Crippen LogP contribution in [-0.4, -0.2) is 115 Å². The highest BCUT2D eigenvalue weighted by Crippen LogP contribution is 2.81. The molecule has 1 spiro atoms. The molecule has 3 aliphatic carbocycles. The van der Waals surface area contributed by atoms with Gasteiger partial charge in [-0.15, -0.1) is 0 Å². The molecule has 266 valence electrons. The minimum atomic E-state index is -2.10. The van der Waals surface area contributed by atoms with E-state index >= 15 is 0 Å². The summed E-state index contributed by atoms with van der Waals surface area (Å²) in [4.78, 5) is 40.2. The minimum absolute atomic E-state index is 0.0856. The summed E-state index contributed by atoms with van der Waals surface area (Å²) in [5.41, 5.74) is -8.57. The van der Waals surface area contributed by atoms with Crippen LogP contribution in [0.2, 0.25) is 0 Å². The molecule has 0 aromatic rings. The molecule has 0 amide bonds. The number of fused-ring (bicyclic) bond motifs is 11. The molecule has 0 aromatic carbocycles. The molecular formula is C34H46O14. The number of rotatable bonds is 5. The van der Waals surface area contributed by atoms with E-state index in [1.807, 2.05) is 13.8 Å². The number of esters is 3. The normalized spacial score (nSPS) is 56.4. The molecule has 0 unspecified atom stereocenters. The van der Waals surface area contributed by atoms with E-state index in [0.717, 1.165) is 0 Å². The molecule has 14 heteroatoms. The summed E-state index contributed by atoms with van der Waals surface area (Å²) in [7, 11) is 2.58. The first-order valence-corrected chi connectivity index (χ1v) is 16.9. The van der Waals surface area contributed by atoms with E-state index in [1.165, 1.54) is 33.5 Å². The standard InChI is InChI=1S/C34H46O14/c1-15(2)24(36)46-19-12-18(45-16(3)35)28(4)13-43-21-22(28)31(19)14-44-33(41-8,26(37)40-7)25(31)29(5)23(21)48-30(6)17-11-20(34(29,30)39)47-27-32(17,38)9-10-42-27/h9-10,15,17-23,25,27,38-39H,11-14H2,1-8H3/t17-,18-,19+,20+,21-,22+,23-,25+,27+,28-,29-,30-,31+,32+,33+,34+/m1/s1. The van der Waals surface area contributed by atoms with Gasteiger partial charge in [0, 0.05) is 54.5 Å². The summed E-state index contributed by atoms with van der Waals surface area (Å²) in [5, 5.41) is 25.6. The Hall–Kier alpha value is -2.33.